The Morgan fingerprint density at radius 1 is 1.19 bits per heavy atom. The zero-order chi connectivity index (χ0) is 14.7. The van der Waals surface area contributed by atoms with E-state index in [4.69, 9.17) is 17.3 Å². The molecule has 0 aliphatic heterocycles. The molecular formula is C19H26ClN. The van der Waals surface area contributed by atoms with E-state index in [0.717, 1.165) is 23.3 Å². The van der Waals surface area contributed by atoms with Gasteiger partial charge in [-0.2, -0.15) is 0 Å². The molecule has 0 heterocycles. The van der Waals surface area contributed by atoms with Crippen LogP contribution in [0.3, 0.4) is 0 Å². The minimum Gasteiger partial charge on any atom is -0.327 e. The van der Waals surface area contributed by atoms with Gasteiger partial charge >= 0.3 is 0 Å². The minimum atomic E-state index is 0.266. The van der Waals surface area contributed by atoms with E-state index < -0.39 is 0 Å². The maximum absolute atomic E-state index is 6.77. The van der Waals surface area contributed by atoms with Crippen molar-refractivity contribution in [1.29, 1.82) is 0 Å². The van der Waals surface area contributed by atoms with Gasteiger partial charge in [-0.25, -0.2) is 0 Å². The average molecular weight is 304 g/mol. The average Bonchev–Trinajstić information content (AvgIpc) is 2.38. The monoisotopic (exact) mass is 303 g/mol. The largest absolute Gasteiger partial charge is 0.327 e. The standard InChI is InChI=1S/C19H26ClN/c1-18-8-13-6-14(9-18)11-19(10-13,12-18)17(21)7-15-4-2-3-5-16(15)20/h2-5,13-14,17H,6-12,21H2,1H3. The zero-order valence-electron chi connectivity index (χ0n) is 12.9. The summed E-state index contributed by atoms with van der Waals surface area (Å²) in [5, 5.41) is 0.879. The van der Waals surface area contributed by atoms with Crippen LogP contribution in [0.25, 0.3) is 0 Å². The Hall–Kier alpha value is -0.530. The molecule has 4 aliphatic carbocycles. The molecule has 21 heavy (non-hydrogen) atoms. The van der Waals surface area contributed by atoms with Crippen molar-refractivity contribution in [3.8, 4) is 0 Å². The molecule has 3 atom stereocenters. The fourth-order valence-corrected chi connectivity index (χ4v) is 6.56. The Morgan fingerprint density at radius 2 is 1.86 bits per heavy atom. The Bertz CT molecular complexity index is 538. The van der Waals surface area contributed by atoms with Gasteiger partial charge in [0.25, 0.3) is 0 Å². The Morgan fingerprint density at radius 3 is 2.48 bits per heavy atom. The predicted molar refractivity (Wildman–Crippen MR) is 88.4 cm³/mol. The number of benzene rings is 1. The van der Waals surface area contributed by atoms with Crippen molar-refractivity contribution in [2.75, 3.05) is 0 Å². The van der Waals surface area contributed by atoms with E-state index in [2.05, 4.69) is 19.1 Å². The fraction of sp³-hybridized carbons (Fsp3) is 0.684. The lowest BCUT2D eigenvalue weighted by Crippen LogP contribution is -2.58. The molecule has 4 fully saturated rings. The molecule has 0 spiro atoms. The summed E-state index contributed by atoms with van der Waals surface area (Å²) in [7, 11) is 0. The number of hydrogen-bond acceptors (Lipinski definition) is 1. The summed E-state index contributed by atoms with van der Waals surface area (Å²) in [5.74, 6) is 1.88. The lowest BCUT2D eigenvalue weighted by Gasteiger charge is -2.63. The van der Waals surface area contributed by atoms with Gasteiger partial charge in [-0.15, -0.1) is 0 Å². The van der Waals surface area contributed by atoms with Gasteiger partial charge in [0.2, 0.25) is 0 Å². The summed E-state index contributed by atoms with van der Waals surface area (Å²) >= 11 is 6.35. The minimum absolute atomic E-state index is 0.266. The summed E-state index contributed by atoms with van der Waals surface area (Å²) in [5.41, 5.74) is 8.96. The van der Waals surface area contributed by atoms with E-state index in [1.54, 1.807) is 0 Å². The van der Waals surface area contributed by atoms with Crippen LogP contribution in [0.4, 0.5) is 0 Å². The quantitative estimate of drug-likeness (QED) is 0.851. The zero-order valence-corrected chi connectivity index (χ0v) is 13.7. The van der Waals surface area contributed by atoms with Crippen molar-refractivity contribution in [1.82, 2.24) is 0 Å². The maximum Gasteiger partial charge on any atom is 0.0438 e. The van der Waals surface area contributed by atoms with Gasteiger partial charge in [-0.3, -0.25) is 0 Å². The molecule has 4 bridgehead atoms. The van der Waals surface area contributed by atoms with E-state index >= 15 is 0 Å². The van der Waals surface area contributed by atoms with Crippen LogP contribution in [0.1, 0.15) is 51.0 Å². The number of rotatable bonds is 3. The Balaban J connectivity index is 1.59. The molecule has 2 heteroatoms. The molecule has 1 aromatic carbocycles. The Labute approximate surface area is 133 Å². The molecule has 5 rings (SSSR count). The normalized spacial score (nSPS) is 42.2. The first-order valence-electron chi connectivity index (χ1n) is 8.47. The lowest BCUT2D eigenvalue weighted by atomic mass is 9.43. The van der Waals surface area contributed by atoms with Gasteiger partial charge < -0.3 is 5.73 Å². The van der Waals surface area contributed by atoms with Crippen molar-refractivity contribution >= 4 is 11.6 Å². The van der Waals surface area contributed by atoms with Gasteiger partial charge in [0.15, 0.2) is 0 Å². The van der Waals surface area contributed by atoms with Crippen molar-refractivity contribution in [2.24, 2.45) is 28.4 Å². The second kappa shape index (κ2) is 4.73. The number of nitrogens with two attached hydrogens (primary N) is 1. The summed E-state index contributed by atoms with van der Waals surface area (Å²) < 4.78 is 0. The summed E-state index contributed by atoms with van der Waals surface area (Å²) in [6, 6.07) is 8.48. The second-order valence-corrected chi connectivity index (χ2v) is 8.94. The molecule has 4 aliphatic rings. The number of hydrogen-bond donors (Lipinski definition) is 1. The fourth-order valence-electron chi connectivity index (χ4n) is 6.35. The van der Waals surface area contributed by atoms with Crippen LogP contribution in [0.5, 0.6) is 0 Å². The van der Waals surface area contributed by atoms with Crippen LogP contribution in [0.15, 0.2) is 24.3 Å². The SMILES string of the molecule is CC12CC3CC(C1)CC(C(N)Cc1ccccc1Cl)(C3)C2. The van der Waals surface area contributed by atoms with E-state index in [9.17, 15) is 0 Å². The highest BCUT2D eigenvalue weighted by atomic mass is 35.5. The van der Waals surface area contributed by atoms with Gasteiger partial charge in [0.1, 0.15) is 0 Å². The molecule has 2 N–H and O–H groups in total. The topological polar surface area (TPSA) is 26.0 Å². The first-order chi connectivity index (χ1) is 9.98. The molecule has 4 saturated carbocycles. The van der Waals surface area contributed by atoms with Gasteiger partial charge in [-0.05, 0) is 79.2 Å². The third-order valence-electron chi connectivity index (χ3n) is 6.58. The molecule has 0 saturated heterocycles. The van der Waals surface area contributed by atoms with Crippen molar-refractivity contribution < 1.29 is 0 Å². The van der Waals surface area contributed by atoms with Crippen molar-refractivity contribution in [2.45, 2.75) is 57.9 Å². The second-order valence-electron chi connectivity index (χ2n) is 8.54. The molecule has 1 nitrogen and oxygen atoms in total. The highest BCUT2D eigenvalue weighted by molar-refractivity contribution is 6.31. The lowest BCUT2D eigenvalue weighted by molar-refractivity contribution is -0.112. The van der Waals surface area contributed by atoms with Gasteiger partial charge in [0.05, 0.1) is 0 Å². The molecule has 0 amide bonds. The maximum atomic E-state index is 6.77. The third-order valence-corrected chi connectivity index (χ3v) is 6.95. The molecular weight excluding hydrogens is 278 g/mol. The molecule has 0 radical (unpaired) electrons. The molecule has 1 aromatic rings. The highest BCUT2D eigenvalue weighted by Gasteiger charge is 2.57. The predicted octanol–water partition coefficient (Wildman–Crippen LogP) is 4.82. The Kier molecular flexibility index (Phi) is 3.17. The molecule has 114 valence electrons. The van der Waals surface area contributed by atoms with E-state index in [-0.39, 0.29) is 6.04 Å². The van der Waals surface area contributed by atoms with Crippen LogP contribution in [-0.2, 0) is 6.42 Å². The van der Waals surface area contributed by atoms with Crippen LogP contribution in [-0.4, -0.2) is 6.04 Å². The van der Waals surface area contributed by atoms with Gasteiger partial charge in [0, 0.05) is 11.1 Å². The first-order valence-corrected chi connectivity index (χ1v) is 8.85. The van der Waals surface area contributed by atoms with E-state index in [1.165, 1.54) is 44.1 Å². The van der Waals surface area contributed by atoms with E-state index in [1.807, 2.05) is 12.1 Å². The van der Waals surface area contributed by atoms with Crippen molar-refractivity contribution in [3.05, 3.63) is 34.9 Å². The van der Waals surface area contributed by atoms with Crippen LogP contribution >= 0.6 is 11.6 Å². The summed E-state index contributed by atoms with van der Waals surface area (Å²) in [6.45, 7) is 2.52. The number of halogens is 1. The molecule has 0 aromatic heterocycles. The summed E-state index contributed by atoms with van der Waals surface area (Å²) in [4.78, 5) is 0. The third kappa shape index (κ3) is 2.33. The van der Waals surface area contributed by atoms with Crippen LogP contribution in [0.2, 0.25) is 5.02 Å². The van der Waals surface area contributed by atoms with Crippen LogP contribution in [0, 0.1) is 22.7 Å². The van der Waals surface area contributed by atoms with Gasteiger partial charge in [-0.1, -0.05) is 36.7 Å². The van der Waals surface area contributed by atoms with Crippen LogP contribution < -0.4 is 5.73 Å². The molecule has 3 unspecified atom stereocenters. The first kappa shape index (κ1) is 14.1. The smallest absolute Gasteiger partial charge is 0.0438 e. The van der Waals surface area contributed by atoms with Crippen molar-refractivity contribution in [3.63, 3.8) is 0 Å². The van der Waals surface area contributed by atoms with E-state index in [0.29, 0.717) is 10.8 Å². The highest BCUT2D eigenvalue weighted by Crippen LogP contribution is 2.66. The summed E-state index contributed by atoms with van der Waals surface area (Å²) in [6.07, 6.45) is 9.38.